The number of hydrogen-bond acceptors (Lipinski definition) is 4. The number of pyridine rings is 2. The number of nitrogens with two attached hydrogens (primary N) is 1. The van der Waals surface area contributed by atoms with E-state index in [9.17, 15) is 0 Å². The van der Waals surface area contributed by atoms with Gasteiger partial charge in [-0.05, 0) is 32.0 Å². The van der Waals surface area contributed by atoms with Gasteiger partial charge in [-0.3, -0.25) is 4.98 Å². The fourth-order valence-corrected chi connectivity index (χ4v) is 2.09. The molecule has 2 N–H and O–H groups in total. The molecule has 0 unspecified atom stereocenters. The van der Waals surface area contributed by atoms with Gasteiger partial charge in [0.25, 0.3) is 0 Å². The summed E-state index contributed by atoms with van der Waals surface area (Å²) in [4.78, 5) is 11.0. The maximum Gasteiger partial charge on any atom is 0.133 e. The van der Waals surface area contributed by atoms with Gasteiger partial charge in [0, 0.05) is 30.5 Å². The molecule has 1 atom stereocenters. The second-order valence-corrected chi connectivity index (χ2v) is 4.83. The van der Waals surface area contributed by atoms with Gasteiger partial charge in [-0.15, -0.1) is 0 Å². The molecule has 0 spiro atoms. The highest BCUT2D eigenvalue weighted by Crippen LogP contribution is 2.22. The Morgan fingerprint density at radius 2 is 2.05 bits per heavy atom. The molecule has 0 aliphatic carbocycles. The van der Waals surface area contributed by atoms with Crippen molar-refractivity contribution in [3.05, 3.63) is 53.5 Å². The van der Waals surface area contributed by atoms with Crippen LogP contribution in [0.15, 0.2) is 36.5 Å². The highest BCUT2D eigenvalue weighted by Gasteiger charge is 2.12. The van der Waals surface area contributed by atoms with E-state index in [1.54, 1.807) is 6.20 Å². The van der Waals surface area contributed by atoms with Crippen LogP contribution in [0.4, 0.5) is 5.82 Å². The third-order valence-electron chi connectivity index (χ3n) is 3.01. The molecule has 0 aliphatic rings. The average Bonchev–Trinajstić information content (AvgIpc) is 2.38. The number of aromatic nitrogens is 2. The molecule has 0 saturated heterocycles. The summed E-state index contributed by atoms with van der Waals surface area (Å²) in [6.45, 7) is 4.69. The van der Waals surface area contributed by atoms with Crippen LogP contribution in [0.5, 0.6) is 0 Å². The predicted molar refractivity (Wildman–Crippen MR) is 77.9 cm³/mol. The Kier molecular flexibility index (Phi) is 4.12. The van der Waals surface area contributed by atoms with Crippen LogP contribution in [0.2, 0.25) is 0 Å². The van der Waals surface area contributed by atoms with E-state index in [0.717, 1.165) is 29.3 Å². The summed E-state index contributed by atoms with van der Waals surface area (Å²) < 4.78 is 0. The number of anilines is 1. The molecule has 4 nitrogen and oxygen atoms in total. The zero-order valence-corrected chi connectivity index (χ0v) is 11.7. The van der Waals surface area contributed by atoms with E-state index in [-0.39, 0.29) is 6.04 Å². The Morgan fingerprint density at radius 1 is 1.26 bits per heavy atom. The van der Waals surface area contributed by atoms with E-state index in [1.807, 2.05) is 51.2 Å². The number of rotatable bonds is 4. The Bertz CT molecular complexity index is 551. The van der Waals surface area contributed by atoms with Crippen molar-refractivity contribution in [2.75, 3.05) is 11.9 Å². The van der Waals surface area contributed by atoms with Crippen LogP contribution in [-0.2, 0) is 6.54 Å². The maximum atomic E-state index is 5.99. The van der Waals surface area contributed by atoms with Gasteiger partial charge in [-0.2, -0.15) is 0 Å². The zero-order valence-electron chi connectivity index (χ0n) is 11.7. The molecule has 4 heteroatoms. The maximum absolute atomic E-state index is 5.99. The SMILES string of the molecule is Cc1cccc(CN(C)c2ncccc2[C@@H](C)N)n1. The molecule has 0 amide bonds. The second kappa shape index (κ2) is 5.80. The lowest BCUT2D eigenvalue weighted by atomic mass is 10.1. The van der Waals surface area contributed by atoms with Gasteiger partial charge in [-0.25, -0.2) is 4.98 Å². The first-order valence-corrected chi connectivity index (χ1v) is 6.42. The Labute approximate surface area is 114 Å². The fourth-order valence-electron chi connectivity index (χ4n) is 2.09. The second-order valence-electron chi connectivity index (χ2n) is 4.83. The first-order valence-electron chi connectivity index (χ1n) is 6.42. The molecule has 0 aliphatic heterocycles. The molecule has 0 radical (unpaired) electrons. The fraction of sp³-hybridized carbons (Fsp3) is 0.333. The van der Waals surface area contributed by atoms with Gasteiger partial charge >= 0.3 is 0 Å². The van der Waals surface area contributed by atoms with E-state index < -0.39 is 0 Å². The first-order chi connectivity index (χ1) is 9.08. The minimum absolute atomic E-state index is 0.0309. The van der Waals surface area contributed by atoms with Crippen LogP contribution in [0.25, 0.3) is 0 Å². The first kappa shape index (κ1) is 13.5. The number of aryl methyl sites for hydroxylation is 1. The van der Waals surface area contributed by atoms with Gasteiger partial charge in [0.15, 0.2) is 0 Å². The minimum atomic E-state index is -0.0309. The molecule has 100 valence electrons. The lowest BCUT2D eigenvalue weighted by molar-refractivity contribution is 0.782. The van der Waals surface area contributed by atoms with Crippen molar-refractivity contribution >= 4 is 5.82 Å². The Hall–Kier alpha value is -1.94. The molecule has 0 saturated carbocycles. The van der Waals surface area contributed by atoms with Crippen LogP contribution in [-0.4, -0.2) is 17.0 Å². The summed E-state index contributed by atoms with van der Waals surface area (Å²) in [5, 5.41) is 0. The van der Waals surface area contributed by atoms with Crippen molar-refractivity contribution < 1.29 is 0 Å². The molecule has 0 aromatic carbocycles. The lowest BCUT2D eigenvalue weighted by Gasteiger charge is -2.22. The molecule has 0 bridgehead atoms. The average molecular weight is 256 g/mol. The quantitative estimate of drug-likeness (QED) is 0.913. The Morgan fingerprint density at radius 3 is 2.74 bits per heavy atom. The van der Waals surface area contributed by atoms with E-state index in [1.165, 1.54) is 0 Å². The van der Waals surface area contributed by atoms with Crippen molar-refractivity contribution in [3.8, 4) is 0 Å². The van der Waals surface area contributed by atoms with Gasteiger partial charge in [-0.1, -0.05) is 12.1 Å². The monoisotopic (exact) mass is 256 g/mol. The summed E-state index contributed by atoms with van der Waals surface area (Å²) in [5.41, 5.74) is 9.10. The van der Waals surface area contributed by atoms with E-state index in [4.69, 9.17) is 5.73 Å². The minimum Gasteiger partial charge on any atom is -0.354 e. The van der Waals surface area contributed by atoms with Crippen molar-refractivity contribution in [2.24, 2.45) is 5.73 Å². The molecule has 0 fully saturated rings. The summed E-state index contributed by atoms with van der Waals surface area (Å²) in [6.07, 6.45) is 1.79. The smallest absolute Gasteiger partial charge is 0.133 e. The summed E-state index contributed by atoms with van der Waals surface area (Å²) >= 11 is 0. The summed E-state index contributed by atoms with van der Waals surface area (Å²) in [5.74, 6) is 0.917. The molecule has 2 aromatic rings. The van der Waals surface area contributed by atoms with E-state index in [2.05, 4.69) is 14.9 Å². The largest absolute Gasteiger partial charge is 0.354 e. The highest BCUT2D eigenvalue weighted by atomic mass is 15.2. The van der Waals surface area contributed by atoms with E-state index in [0.29, 0.717) is 0 Å². The summed E-state index contributed by atoms with van der Waals surface area (Å²) in [6, 6.07) is 9.96. The lowest BCUT2D eigenvalue weighted by Crippen LogP contribution is -2.22. The van der Waals surface area contributed by atoms with Crippen LogP contribution in [0, 0.1) is 6.92 Å². The standard InChI is InChI=1S/C15H20N4/c1-11-6-4-7-13(18-11)10-19(3)15-14(12(2)16)8-5-9-17-15/h4-9,12H,10,16H2,1-3H3/t12-/m1/s1. The molecule has 19 heavy (non-hydrogen) atoms. The molecule has 2 rings (SSSR count). The van der Waals surface area contributed by atoms with Crippen LogP contribution in [0.3, 0.4) is 0 Å². The van der Waals surface area contributed by atoms with Gasteiger partial charge < -0.3 is 10.6 Å². The third kappa shape index (κ3) is 3.29. The van der Waals surface area contributed by atoms with E-state index >= 15 is 0 Å². The van der Waals surface area contributed by atoms with Gasteiger partial charge in [0.05, 0.1) is 12.2 Å². The number of hydrogen-bond donors (Lipinski definition) is 1. The van der Waals surface area contributed by atoms with Gasteiger partial charge in [0.2, 0.25) is 0 Å². The molecular formula is C15H20N4. The zero-order chi connectivity index (χ0) is 13.8. The van der Waals surface area contributed by atoms with Crippen LogP contribution < -0.4 is 10.6 Å². The van der Waals surface area contributed by atoms with Gasteiger partial charge in [0.1, 0.15) is 5.82 Å². The van der Waals surface area contributed by atoms with Crippen molar-refractivity contribution in [1.82, 2.24) is 9.97 Å². The van der Waals surface area contributed by atoms with Crippen molar-refractivity contribution in [3.63, 3.8) is 0 Å². The predicted octanol–water partition coefficient (Wildman–Crippen LogP) is 2.44. The van der Waals surface area contributed by atoms with Crippen LogP contribution >= 0.6 is 0 Å². The molecular weight excluding hydrogens is 236 g/mol. The topological polar surface area (TPSA) is 55.0 Å². The summed E-state index contributed by atoms with van der Waals surface area (Å²) in [7, 11) is 2.01. The van der Waals surface area contributed by atoms with Crippen molar-refractivity contribution in [1.29, 1.82) is 0 Å². The number of nitrogens with zero attached hydrogens (tertiary/aromatic N) is 3. The normalized spacial score (nSPS) is 12.2. The third-order valence-corrected chi connectivity index (χ3v) is 3.01. The molecule has 2 heterocycles. The highest BCUT2D eigenvalue weighted by molar-refractivity contribution is 5.47. The molecule has 2 aromatic heterocycles. The van der Waals surface area contributed by atoms with Crippen molar-refractivity contribution in [2.45, 2.75) is 26.4 Å². The Balaban J connectivity index is 2.23. The van der Waals surface area contributed by atoms with Crippen LogP contribution in [0.1, 0.15) is 29.9 Å².